The lowest BCUT2D eigenvalue weighted by Crippen LogP contribution is -2.43. The summed E-state index contributed by atoms with van der Waals surface area (Å²) in [6.07, 6.45) is 4.27. The molecule has 1 heterocycles. The van der Waals surface area contributed by atoms with E-state index in [0.717, 1.165) is 13.1 Å². The minimum Gasteiger partial charge on any atom is -0.466 e. The molecule has 0 spiro atoms. The number of likely N-dealkylation sites (tertiary alicyclic amines) is 1. The molecule has 116 valence electrons. The lowest BCUT2D eigenvalue weighted by atomic mass is 9.89. The minimum atomic E-state index is -0.0733. The van der Waals surface area contributed by atoms with Crippen LogP contribution in [0.3, 0.4) is 0 Å². The van der Waals surface area contributed by atoms with E-state index < -0.39 is 0 Å². The minimum absolute atomic E-state index is 0.0733. The third-order valence-electron chi connectivity index (χ3n) is 4.44. The first-order chi connectivity index (χ1) is 10.2. The standard InChI is InChI=1S/C18H27NO2/c1-3-21-18(20)14-17(19-12-8-5-9-13-19)15(2)16-10-6-4-7-11-16/h4,6-7,10-11,15,17H,3,5,8-9,12-14H2,1-2H3. The van der Waals surface area contributed by atoms with Crippen molar-refractivity contribution in [1.82, 2.24) is 4.90 Å². The summed E-state index contributed by atoms with van der Waals surface area (Å²) < 4.78 is 5.18. The number of benzene rings is 1. The summed E-state index contributed by atoms with van der Waals surface area (Å²) >= 11 is 0. The maximum Gasteiger partial charge on any atom is 0.307 e. The number of ether oxygens (including phenoxy) is 1. The van der Waals surface area contributed by atoms with Crippen molar-refractivity contribution in [1.29, 1.82) is 0 Å². The van der Waals surface area contributed by atoms with E-state index in [0.29, 0.717) is 18.9 Å². The fourth-order valence-electron chi connectivity index (χ4n) is 3.24. The van der Waals surface area contributed by atoms with E-state index in [4.69, 9.17) is 4.74 Å². The van der Waals surface area contributed by atoms with Gasteiger partial charge in [0.05, 0.1) is 13.0 Å². The Balaban J connectivity index is 2.11. The molecule has 0 bridgehead atoms. The molecule has 2 rings (SSSR count). The Labute approximate surface area is 128 Å². The van der Waals surface area contributed by atoms with Crippen LogP contribution in [0.2, 0.25) is 0 Å². The first-order valence-corrected chi connectivity index (χ1v) is 8.17. The monoisotopic (exact) mass is 289 g/mol. The summed E-state index contributed by atoms with van der Waals surface area (Å²) in [7, 11) is 0. The van der Waals surface area contributed by atoms with Crippen molar-refractivity contribution in [2.45, 2.75) is 51.5 Å². The number of hydrogen-bond donors (Lipinski definition) is 0. The molecule has 2 unspecified atom stereocenters. The highest BCUT2D eigenvalue weighted by atomic mass is 16.5. The van der Waals surface area contributed by atoms with Gasteiger partial charge in [0.2, 0.25) is 0 Å². The quantitative estimate of drug-likeness (QED) is 0.749. The van der Waals surface area contributed by atoms with Gasteiger partial charge in [0.1, 0.15) is 0 Å². The third-order valence-corrected chi connectivity index (χ3v) is 4.44. The van der Waals surface area contributed by atoms with E-state index in [1.807, 2.05) is 13.0 Å². The van der Waals surface area contributed by atoms with E-state index >= 15 is 0 Å². The Hall–Kier alpha value is -1.35. The molecular formula is C18H27NO2. The number of rotatable bonds is 6. The summed E-state index contributed by atoms with van der Waals surface area (Å²) in [6, 6.07) is 10.7. The van der Waals surface area contributed by atoms with Crippen LogP contribution in [0.25, 0.3) is 0 Å². The zero-order chi connectivity index (χ0) is 15.1. The van der Waals surface area contributed by atoms with Gasteiger partial charge in [-0.2, -0.15) is 0 Å². The molecule has 0 aliphatic carbocycles. The molecule has 1 aliphatic rings. The van der Waals surface area contributed by atoms with Crippen molar-refractivity contribution < 1.29 is 9.53 Å². The van der Waals surface area contributed by atoms with Gasteiger partial charge in [-0.05, 0) is 44.3 Å². The van der Waals surface area contributed by atoms with Crippen LogP contribution in [-0.4, -0.2) is 36.6 Å². The number of nitrogens with zero attached hydrogens (tertiary/aromatic N) is 1. The van der Waals surface area contributed by atoms with Gasteiger partial charge in [-0.1, -0.05) is 43.7 Å². The second-order valence-electron chi connectivity index (χ2n) is 5.87. The van der Waals surface area contributed by atoms with E-state index in [-0.39, 0.29) is 12.0 Å². The van der Waals surface area contributed by atoms with E-state index in [1.54, 1.807) is 0 Å². The van der Waals surface area contributed by atoms with Crippen LogP contribution in [0.1, 0.15) is 51.0 Å². The first kappa shape index (κ1) is 16.0. The molecule has 1 aromatic rings. The summed E-state index contributed by atoms with van der Waals surface area (Å²) in [5.74, 6) is 0.268. The lowest BCUT2D eigenvalue weighted by molar-refractivity contribution is -0.144. The molecule has 0 N–H and O–H groups in total. The molecule has 0 saturated carbocycles. The van der Waals surface area contributed by atoms with Crippen molar-refractivity contribution in [3.8, 4) is 0 Å². The summed E-state index contributed by atoms with van der Waals surface area (Å²) in [5, 5.41) is 0. The van der Waals surface area contributed by atoms with E-state index in [2.05, 4.69) is 36.1 Å². The Kier molecular flexibility index (Phi) is 6.24. The molecule has 1 saturated heterocycles. The van der Waals surface area contributed by atoms with Crippen LogP contribution in [0.4, 0.5) is 0 Å². The highest BCUT2D eigenvalue weighted by molar-refractivity contribution is 5.70. The molecule has 1 aromatic carbocycles. The van der Waals surface area contributed by atoms with E-state index in [9.17, 15) is 4.79 Å². The van der Waals surface area contributed by atoms with Gasteiger partial charge in [-0.25, -0.2) is 0 Å². The molecule has 3 nitrogen and oxygen atoms in total. The largest absolute Gasteiger partial charge is 0.466 e. The van der Waals surface area contributed by atoms with Crippen molar-refractivity contribution >= 4 is 5.97 Å². The first-order valence-electron chi connectivity index (χ1n) is 8.17. The van der Waals surface area contributed by atoms with Gasteiger partial charge in [0.25, 0.3) is 0 Å². The number of piperidine rings is 1. The number of carbonyl (C=O) groups excluding carboxylic acids is 1. The van der Waals surface area contributed by atoms with Gasteiger partial charge >= 0.3 is 5.97 Å². The van der Waals surface area contributed by atoms with Crippen molar-refractivity contribution in [3.05, 3.63) is 35.9 Å². The molecule has 21 heavy (non-hydrogen) atoms. The van der Waals surface area contributed by atoms with Crippen LogP contribution in [0, 0.1) is 0 Å². The predicted octanol–water partition coefficient (Wildman–Crippen LogP) is 3.60. The van der Waals surface area contributed by atoms with Gasteiger partial charge in [0, 0.05) is 6.04 Å². The normalized spacial score (nSPS) is 19.0. The third kappa shape index (κ3) is 4.57. The van der Waals surface area contributed by atoms with Crippen LogP contribution >= 0.6 is 0 Å². The highest BCUT2D eigenvalue weighted by Crippen LogP contribution is 2.28. The second kappa shape index (κ2) is 8.18. The number of carbonyl (C=O) groups is 1. The summed E-state index contributed by atoms with van der Waals surface area (Å²) in [6.45, 7) is 6.76. The van der Waals surface area contributed by atoms with Crippen molar-refractivity contribution in [3.63, 3.8) is 0 Å². The average molecular weight is 289 g/mol. The van der Waals surface area contributed by atoms with Crippen LogP contribution in [-0.2, 0) is 9.53 Å². The van der Waals surface area contributed by atoms with Crippen LogP contribution in [0.5, 0.6) is 0 Å². The molecular weight excluding hydrogens is 262 g/mol. The Morgan fingerprint density at radius 3 is 2.48 bits per heavy atom. The molecule has 0 aromatic heterocycles. The molecule has 1 aliphatic heterocycles. The Morgan fingerprint density at radius 1 is 1.19 bits per heavy atom. The molecule has 1 fully saturated rings. The summed E-state index contributed by atoms with van der Waals surface area (Å²) in [4.78, 5) is 14.5. The van der Waals surface area contributed by atoms with E-state index in [1.165, 1.54) is 24.8 Å². The predicted molar refractivity (Wildman–Crippen MR) is 85.3 cm³/mol. The van der Waals surface area contributed by atoms with Crippen LogP contribution < -0.4 is 0 Å². The SMILES string of the molecule is CCOC(=O)CC(C(C)c1ccccc1)N1CCCCC1. The van der Waals surface area contributed by atoms with Gasteiger partial charge in [-0.15, -0.1) is 0 Å². The zero-order valence-corrected chi connectivity index (χ0v) is 13.3. The Bertz CT molecular complexity index is 426. The number of esters is 1. The highest BCUT2D eigenvalue weighted by Gasteiger charge is 2.29. The van der Waals surface area contributed by atoms with Gasteiger partial charge in [-0.3, -0.25) is 9.69 Å². The fraction of sp³-hybridized carbons (Fsp3) is 0.611. The molecule has 0 radical (unpaired) electrons. The lowest BCUT2D eigenvalue weighted by Gasteiger charge is -2.37. The van der Waals surface area contributed by atoms with Crippen molar-refractivity contribution in [2.24, 2.45) is 0 Å². The smallest absolute Gasteiger partial charge is 0.307 e. The zero-order valence-electron chi connectivity index (χ0n) is 13.3. The average Bonchev–Trinajstić information content (AvgIpc) is 2.54. The van der Waals surface area contributed by atoms with Gasteiger partial charge in [0.15, 0.2) is 0 Å². The van der Waals surface area contributed by atoms with Crippen LogP contribution in [0.15, 0.2) is 30.3 Å². The summed E-state index contributed by atoms with van der Waals surface area (Å²) in [5.41, 5.74) is 1.30. The Morgan fingerprint density at radius 2 is 1.86 bits per heavy atom. The maximum atomic E-state index is 12.0. The molecule has 2 atom stereocenters. The molecule has 0 amide bonds. The topological polar surface area (TPSA) is 29.5 Å². The fourth-order valence-corrected chi connectivity index (χ4v) is 3.24. The second-order valence-corrected chi connectivity index (χ2v) is 5.87. The molecule has 3 heteroatoms. The maximum absolute atomic E-state index is 12.0. The van der Waals surface area contributed by atoms with Gasteiger partial charge < -0.3 is 4.74 Å². The number of hydrogen-bond acceptors (Lipinski definition) is 3. The van der Waals surface area contributed by atoms with Crippen molar-refractivity contribution in [2.75, 3.05) is 19.7 Å².